The van der Waals surface area contributed by atoms with E-state index < -0.39 is 55.5 Å². The highest BCUT2D eigenvalue weighted by molar-refractivity contribution is 5.94. The van der Waals surface area contributed by atoms with Gasteiger partial charge in [0.15, 0.2) is 5.58 Å². The van der Waals surface area contributed by atoms with Gasteiger partial charge in [-0.25, -0.2) is 4.98 Å². The summed E-state index contributed by atoms with van der Waals surface area (Å²) in [6, 6.07) is 10.4. The van der Waals surface area contributed by atoms with Crippen LogP contribution < -0.4 is 10.6 Å². The van der Waals surface area contributed by atoms with Gasteiger partial charge < -0.3 is 20.0 Å². The molecule has 49 heavy (non-hydrogen) atoms. The van der Waals surface area contributed by atoms with Gasteiger partial charge in [-0.05, 0) is 87.3 Å². The first-order valence-electron chi connectivity index (χ1n) is 16.4. The number of nitrogens with zero attached hydrogens (tertiary/aromatic N) is 3. The lowest BCUT2D eigenvalue weighted by Gasteiger charge is -2.39. The summed E-state index contributed by atoms with van der Waals surface area (Å²) in [7, 11) is 0. The Labute approximate surface area is 280 Å². The van der Waals surface area contributed by atoms with Crippen molar-refractivity contribution in [2.75, 3.05) is 19.6 Å². The zero-order valence-corrected chi connectivity index (χ0v) is 27.4. The summed E-state index contributed by atoms with van der Waals surface area (Å²) >= 11 is 0. The molecule has 1 saturated heterocycles. The van der Waals surface area contributed by atoms with Gasteiger partial charge in [0.1, 0.15) is 5.52 Å². The van der Waals surface area contributed by atoms with Gasteiger partial charge in [0, 0.05) is 42.4 Å². The lowest BCUT2D eigenvalue weighted by Crippen LogP contribution is -2.53. The Morgan fingerprint density at radius 3 is 2.14 bits per heavy atom. The number of carbonyl (C=O) groups is 2. The fourth-order valence-electron chi connectivity index (χ4n) is 6.82. The van der Waals surface area contributed by atoms with Crippen LogP contribution in [0.25, 0.3) is 22.6 Å². The van der Waals surface area contributed by atoms with Crippen molar-refractivity contribution in [2.45, 2.75) is 83.2 Å². The number of aromatic nitrogens is 1. The molecule has 264 valence electrons. The SMILES string of the molecule is CC(NC1CC(C(F)(F)F)CC(C(F)(F)F)C1)C(=O)N1CCC(CNC(=O)c2ccc(-c3nc4cc(C#N)cc(C(C)C)c4o3)cc2)CC1. The molecule has 3 atom stereocenters. The molecule has 2 amide bonds. The highest BCUT2D eigenvalue weighted by Gasteiger charge is 2.52. The predicted octanol–water partition coefficient (Wildman–Crippen LogP) is 7.35. The third kappa shape index (κ3) is 8.55. The minimum atomic E-state index is -4.74. The van der Waals surface area contributed by atoms with E-state index in [1.54, 1.807) is 41.3 Å². The molecule has 2 aliphatic rings. The maximum atomic E-state index is 13.4. The summed E-state index contributed by atoms with van der Waals surface area (Å²) in [6.07, 6.45) is -10.3. The van der Waals surface area contributed by atoms with E-state index in [2.05, 4.69) is 21.7 Å². The van der Waals surface area contributed by atoms with Gasteiger partial charge in [0.2, 0.25) is 11.8 Å². The molecule has 0 spiro atoms. The number of fused-ring (bicyclic) bond motifs is 1. The molecule has 3 aromatic rings. The Kier molecular flexibility index (Phi) is 10.6. The van der Waals surface area contributed by atoms with Crippen LogP contribution in [-0.2, 0) is 4.79 Å². The van der Waals surface area contributed by atoms with Crippen molar-refractivity contribution >= 4 is 22.9 Å². The van der Waals surface area contributed by atoms with E-state index in [1.807, 2.05) is 13.8 Å². The number of carbonyl (C=O) groups excluding carboxylic acids is 2. The number of halogens is 6. The van der Waals surface area contributed by atoms with Crippen LogP contribution in [0.1, 0.15) is 80.3 Å². The van der Waals surface area contributed by atoms with Crippen LogP contribution in [0.3, 0.4) is 0 Å². The zero-order chi connectivity index (χ0) is 35.7. The molecular weight excluding hydrogens is 652 g/mol. The van der Waals surface area contributed by atoms with Crippen LogP contribution in [0.15, 0.2) is 40.8 Å². The van der Waals surface area contributed by atoms with E-state index in [-0.39, 0.29) is 23.7 Å². The lowest BCUT2D eigenvalue weighted by atomic mass is 9.77. The Morgan fingerprint density at radius 2 is 1.59 bits per heavy atom. The molecule has 8 nitrogen and oxygen atoms in total. The van der Waals surface area contributed by atoms with Gasteiger partial charge in [-0.15, -0.1) is 0 Å². The Hall–Kier alpha value is -4.12. The van der Waals surface area contributed by atoms with Crippen LogP contribution in [0.5, 0.6) is 0 Å². The Bertz CT molecular complexity index is 1660. The summed E-state index contributed by atoms with van der Waals surface area (Å²) in [4.78, 5) is 32.1. The fraction of sp³-hybridized carbons (Fsp3) is 0.543. The number of oxazole rings is 1. The van der Waals surface area contributed by atoms with Gasteiger partial charge >= 0.3 is 12.4 Å². The van der Waals surface area contributed by atoms with E-state index >= 15 is 0 Å². The maximum Gasteiger partial charge on any atom is 0.391 e. The standard InChI is InChI=1S/C35H39F6N5O3/c1-19(2)28-12-22(17-42)13-29-30(28)49-32(45-29)24-6-4-23(5-7-24)31(47)43-18-21-8-10-46(11-9-21)33(48)20(3)44-27-15-25(34(36,37)38)14-26(16-27)35(39,40)41/h4-7,12-13,19-21,25-27,44H,8-11,14-16,18H2,1-3H3,(H,43,47). The number of likely N-dealkylation sites (tertiary alicyclic amines) is 1. The van der Waals surface area contributed by atoms with Gasteiger partial charge in [0.25, 0.3) is 5.91 Å². The molecular formula is C35H39F6N5O3. The van der Waals surface area contributed by atoms with E-state index in [1.165, 1.54) is 6.92 Å². The first-order chi connectivity index (χ1) is 23.0. The third-order valence-electron chi connectivity index (χ3n) is 9.63. The highest BCUT2D eigenvalue weighted by atomic mass is 19.4. The maximum absolute atomic E-state index is 13.4. The predicted molar refractivity (Wildman–Crippen MR) is 169 cm³/mol. The number of hydrogen-bond donors (Lipinski definition) is 2. The molecule has 1 saturated carbocycles. The van der Waals surface area contributed by atoms with Crippen molar-refractivity contribution in [1.82, 2.24) is 20.5 Å². The second kappa shape index (κ2) is 14.4. The summed E-state index contributed by atoms with van der Waals surface area (Å²) < 4.78 is 86.2. The molecule has 1 aliphatic heterocycles. The summed E-state index contributed by atoms with van der Waals surface area (Å²) in [5.41, 5.74) is 3.69. The molecule has 1 aliphatic carbocycles. The lowest BCUT2D eigenvalue weighted by molar-refractivity contribution is -0.225. The van der Waals surface area contributed by atoms with E-state index in [9.17, 15) is 41.2 Å². The highest BCUT2D eigenvalue weighted by Crippen LogP contribution is 2.45. The van der Waals surface area contributed by atoms with Crippen molar-refractivity contribution in [2.24, 2.45) is 17.8 Å². The minimum Gasteiger partial charge on any atom is -0.436 e. The molecule has 1 aromatic heterocycles. The first kappa shape index (κ1) is 36.2. The van der Waals surface area contributed by atoms with Crippen molar-refractivity contribution in [3.8, 4) is 17.5 Å². The number of rotatable bonds is 8. The van der Waals surface area contributed by atoms with E-state index in [4.69, 9.17) is 4.42 Å². The monoisotopic (exact) mass is 691 g/mol. The molecule has 0 radical (unpaired) electrons. The number of nitriles is 1. The summed E-state index contributed by atoms with van der Waals surface area (Å²) in [5, 5.41) is 15.1. The molecule has 14 heteroatoms. The average molecular weight is 692 g/mol. The minimum absolute atomic E-state index is 0.0853. The van der Waals surface area contributed by atoms with Crippen LogP contribution >= 0.6 is 0 Å². The average Bonchev–Trinajstić information content (AvgIpc) is 3.50. The Morgan fingerprint density at radius 1 is 0.980 bits per heavy atom. The quantitative estimate of drug-likeness (QED) is 0.239. The second-order valence-corrected chi connectivity index (χ2v) is 13.5. The molecule has 2 N–H and O–H groups in total. The summed E-state index contributed by atoms with van der Waals surface area (Å²) in [6.45, 7) is 6.58. The van der Waals surface area contributed by atoms with E-state index in [0.29, 0.717) is 66.2 Å². The van der Waals surface area contributed by atoms with Crippen LogP contribution in [-0.4, -0.2) is 65.8 Å². The number of benzene rings is 2. The van der Waals surface area contributed by atoms with E-state index in [0.717, 1.165) is 5.56 Å². The molecule has 5 rings (SSSR count). The molecule has 2 heterocycles. The van der Waals surface area contributed by atoms with Crippen LogP contribution in [0, 0.1) is 29.1 Å². The number of hydrogen-bond acceptors (Lipinski definition) is 6. The number of amides is 2. The van der Waals surface area contributed by atoms with Crippen molar-refractivity contribution < 1.29 is 40.3 Å². The summed E-state index contributed by atoms with van der Waals surface area (Å²) in [5.74, 6) is -4.22. The van der Waals surface area contributed by atoms with Crippen molar-refractivity contribution in [3.05, 3.63) is 53.1 Å². The Balaban J connectivity index is 1.10. The molecule has 0 bridgehead atoms. The molecule has 2 aromatic carbocycles. The first-order valence-corrected chi connectivity index (χ1v) is 16.4. The fourth-order valence-corrected chi connectivity index (χ4v) is 6.82. The van der Waals surface area contributed by atoms with Gasteiger partial charge in [-0.3, -0.25) is 9.59 Å². The molecule has 2 fully saturated rings. The smallest absolute Gasteiger partial charge is 0.391 e. The third-order valence-corrected chi connectivity index (χ3v) is 9.63. The number of alkyl halides is 6. The van der Waals surface area contributed by atoms with Crippen molar-refractivity contribution in [3.63, 3.8) is 0 Å². The number of piperidine rings is 1. The van der Waals surface area contributed by atoms with Crippen molar-refractivity contribution in [1.29, 1.82) is 5.26 Å². The second-order valence-electron chi connectivity index (χ2n) is 13.5. The van der Waals surface area contributed by atoms with Gasteiger partial charge in [-0.2, -0.15) is 31.6 Å². The largest absolute Gasteiger partial charge is 0.436 e. The van der Waals surface area contributed by atoms with Crippen LogP contribution in [0.4, 0.5) is 26.3 Å². The van der Waals surface area contributed by atoms with Crippen LogP contribution in [0.2, 0.25) is 0 Å². The zero-order valence-electron chi connectivity index (χ0n) is 27.4. The topological polar surface area (TPSA) is 111 Å². The van der Waals surface area contributed by atoms with Gasteiger partial charge in [0.05, 0.1) is 29.5 Å². The number of nitrogens with one attached hydrogen (secondary N) is 2. The normalized spacial score (nSPS) is 21.5. The molecule has 3 unspecified atom stereocenters. The van der Waals surface area contributed by atoms with Gasteiger partial charge in [-0.1, -0.05) is 13.8 Å².